The van der Waals surface area contributed by atoms with Crippen LogP contribution >= 0.6 is 11.6 Å². The van der Waals surface area contributed by atoms with Crippen LogP contribution in [-0.4, -0.2) is 17.2 Å². The van der Waals surface area contributed by atoms with Gasteiger partial charge in [0.2, 0.25) is 0 Å². The summed E-state index contributed by atoms with van der Waals surface area (Å²) in [5, 5.41) is 9.16. The van der Waals surface area contributed by atoms with E-state index in [0.29, 0.717) is 10.8 Å². The van der Waals surface area contributed by atoms with Gasteiger partial charge in [0.15, 0.2) is 0 Å². The van der Waals surface area contributed by atoms with Crippen molar-refractivity contribution in [2.45, 2.75) is 26.4 Å². The predicted octanol–water partition coefficient (Wildman–Crippen LogP) is 2.89. The molecule has 1 rings (SSSR count). The first kappa shape index (κ1) is 11.9. The van der Waals surface area contributed by atoms with Crippen LogP contribution in [0.2, 0.25) is 5.02 Å². The highest BCUT2D eigenvalue weighted by atomic mass is 35.5. The summed E-state index contributed by atoms with van der Waals surface area (Å²) in [6.07, 6.45) is -0.383. The molecule has 0 aromatic heterocycles. The van der Waals surface area contributed by atoms with Gasteiger partial charge in [-0.1, -0.05) is 17.7 Å². The summed E-state index contributed by atoms with van der Waals surface area (Å²) in [4.78, 5) is 10.4. The number of halogens is 1. The smallest absolute Gasteiger partial charge is 0.307 e. The number of carboxylic acids is 1. The van der Waals surface area contributed by atoms with Crippen molar-refractivity contribution in [1.29, 1.82) is 0 Å². The van der Waals surface area contributed by atoms with Gasteiger partial charge in [0.05, 0.1) is 6.42 Å². The molecule has 1 N–H and O–H groups in total. The summed E-state index contributed by atoms with van der Waals surface area (Å²) < 4.78 is 5.47. The molecule has 0 amide bonds. The second-order valence-electron chi connectivity index (χ2n) is 3.44. The number of aliphatic carboxylic acids is 1. The Labute approximate surface area is 93.6 Å². The molecule has 1 atom stereocenters. The van der Waals surface area contributed by atoms with E-state index in [1.807, 2.05) is 13.0 Å². The largest absolute Gasteiger partial charge is 0.490 e. The van der Waals surface area contributed by atoms with Gasteiger partial charge in [0.25, 0.3) is 0 Å². The first-order chi connectivity index (χ1) is 6.99. The van der Waals surface area contributed by atoms with Crippen LogP contribution in [0.25, 0.3) is 0 Å². The second kappa shape index (κ2) is 5.03. The maximum Gasteiger partial charge on any atom is 0.307 e. The van der Waals surface area contributed by atoms with Crippen LogP contribution in [0, 0.1) is 6.92 Å². The summed E-state index contributed by atoms with van der Waals surface area (Å²) in [7, 11) is 0. The normalized spacial score (nSPS) is 12.2. The highest BCUT2D eigenvalue weighted by molar-refractivity contribution is 6.30. The molecular formula is C11H13ClO3. The number of benzene rings is 1. The van der Waals surface area contributed by atoms with Gasteiger partial charge in [-0.05, 0) is 31.5 Å². The van der Waals surface area contributed by atoms with E-state index in [0.717, 1.165) is 5.56 Å². The van der Waals surface area contributed by atoms with Crippen LogP contribution in [0.3, 0.4) is 0 Å². The lowest BCUT2D eigenvalue weighted by atomic mass is 10.2. The molecule has 0 saturated carbocycles. The standard InChI is InChI=1S/C11H13ClO3/c1-7-3-4-9(12)6-10(7)15-8(2)5-11(13)14/h3-4,6,8H,5H2,1-2H3,(H,13,14)/t8-/m0/s1. The second-order valence-corrected chi connectivity index (χ2v) is 3.87. The summed E-state index contributed by atoms with van der Waals surface area (Å²) in [5.74, 6) is -0.238. The number of carboxylic acid groups (broad SMARTS) is 1. The first-order valence-electron chi connectivity index (χ1n) is 4.63. The lowest BCUT2D eigenvalue weighted by molar-refractivity contribution is -0.138. The van der Waals surface area contributed by atoms with E-state index in [4.69, 9.17) is 21.4 Å². The highest BCUT2D eigenvalue weighted by Crippen LogP contribution is 2.23. The van der Waals surface area contributed by atoms with Gasteiger partial charge < -0.3 is 9.84 Å². The Morgan fingerprint density at radius 3 is 2.87 bits per heavy atom. The quantitative estimate of drug-likeness (QED) is 0.862. The van der Waals surface area contributed by atoms with Crippen molar-refractivity contribution < 1.29 is 14.6 Å². The van der Waals surface area contributed by atoms with Crippen LogP contribution in [0.15, 0.2) is 18.2 Å². The van der Waals surface area contributed by atoms with Gasteiger partial charge >= 0.3 is 5.97 Å². The van der Waals surface area contributed by atoms with Gasteiger partial charge in [-0.3, -0.25) is 4.79 Å². The third-order valence-corrected chi connectivity index (χ3v) is 2.18. The summed E-state index contributed by atoms with van der Waals surface area (Å²) >= 11 is 5.81. The zero-order valence-electron chi connectivity index (χ0n) is 8.66. The molecule has 82 valence electrons. The molecule has 0 bridgehead atoms. The van der Waals surface area contributed by atoms with E-state index in [1.54, 1.807) is 19.1 Å². The summed E-state index contributed by atoms with van der Waals surface area (Å²) in [6, 6.07) is 5.30. The number of hydrogen-bond acceptors (Lipinski definition) is 2. The molecule has 15 heavy (non-hydrogen) atoms. The fourth-order valence-electron chi connectivity index (χ4n) is 1.21. The Morgan fingerprint density at radius 2 is 2.27 bits per heavy atom. The Balaban J connectivity index is 2.71. The number of carbonyl (C=O) groups is 1. The molecule has 0 unspecified atom stereocenters. The maximum atomic E-state index is 10.4. The topological polar surface area (TPSA) is 46.5 Å². The Hall–Kier alpha value is -1.22. The SMILES string of the molecule is Cc1ccc(Cl)cc1O[C@@H](C)CC(=O)O. The first-order valence-corrected chi connectivity index (χ1v) is 5.01. The molecule has 1 aromatic carbocycles. The fraction of sp³-hybridized carbons (Fsp3) is 0.364. The van der Waals surface area contributed by atoms with Crippen LogP contribution in [-0.2, 0) is 4.79 Å². The molecule has 0 heterocycles. The van der Waals surface area contributed by atoms with Crippen molar-refractivity contribution in [3.63, 3.8) is 0 Å². The third-order valence-electron chi connectivity index (χ3n) is 1.94. The molecule has 4 heteroatoms. The fourth-order valence-corrected chi connectivity index (χ4v) is 1.37. The number of hydrogen-bond donors (Lipinski definition) is 1. The predicted molar refractivity (Wildman–Crippen MR) is 58.5 cm³/mol. The van der Waals surface area contributed by atoms with E-state index in [-0.39, 0.29) is 12.5 Å². The number of ether oxygens (including phenoxy) is 1. The van der Waals surface area contributed by atoms with Gasteiger partial charge in [0.1, 0.15) is 11.9 Å². The van der Waals surface area contributed by atoms with Crippen molar-refractivity contribution >= 4 is 17.6 Å². The van der Waals surface area contributed by atoms with Gasteiger partial charge in [-0.2, -0.15) is 0 Å². The Kier molecular flexibility index (Phi) is 3.97. The molecule has 0 aliphatic heterocycles. The maximum absolute atomic E-state index is 10.4. The highest BCUT2D eigenvalue weighted by Gasteiger charge is 2.10. The monoisotopic (exact) mass is 228 g/mol. The van der Waals surface area contributed by atoms with Crippen molar-refractivity contribution in [2.75, 3.05) is 0 Å². The average molecular weight is 229 g/mol. The van der Waals surface area contributed by atoms with E-state index < -0.39 is 5.97 Å². The van der Waals surface area contributed by atoms with Gasteiger partial charge in [0, 0.05) is 5.02 Å². The minimum Gasteiger partial charge on any atom is -0.490 e. The molecule has 0 saturated heterocycles. The molecule has 0 aliphatic rings. The van der Waals surface area contributed by atoms with E-state index >= 15 is 0 Å². The van der Waals surface area contributed by atoms with Crippen LogP contribution < -0.4 is 4.74 Å². The number of aryl methyl sites for hydroxylation is 1. The van der Waals surface area contributed by atoms with Crippen molar-refractivity contribution in [3.8, 4) is 5.75 Å². The van der Waals surface area contributed by atoms with Crippen molar-refractivity contribution in [1.82, 2.24) is 0 Å². The third kappa shape index (κ3) is 3.80. The van der Waals surface area contributed by atoms with Crippen LogP contribution in [0.5, 0.6) is 5.75 Å². The zero-order valence-corrected chi connectivity index (χ0v) is 9.41. The molecule has 0 fully saturated rings. The van der Waals surface area contributed by atoms with E-state index in [1.165, 1.54) is 0 Å². The van der Waals surface area contributed by atoms with Crippen molar-refractivity contribution in [3.05, 3.63) is 28.8 Å². The summed E-state index contributed by atoms with van der Waals surface area (Å²) in [5.41, 5.74) is 0.941. The summed E-state index contributed by atoms with van der Waals surface area (Å²) in [6.45, 7) is 3.60. The Bertz CT molecular complexity index is 363. The lowest BCUT2D eigenvalue weighted by Gasteiger charge is -2.14. The van der Waals surface area contributed by atoms with Crippen molar-refractivity contribution in [2.24, 2.45) is 0 Å². The van der Waals surface area contributed by atoms with E-state index in [2.05, 4.69) is 0 Å². The van der Waals surface area contributed by atoms with Gasteiger partial charge in [-0.15, -0.1) is 0 Å². The van der Waals surface area contributed by atoms with Gasteiger partial charge in [-0.25, -0.2) is 0 Å². The molecular weight excluding hydrogens is 216 g/mol. The molecule has 0 aliphatic carbocycles. The van der Waals surface area contributed by atoms with Crippen LogP contribution in [0.1, 0.15) is 18.9 Å². The molecule has 1 aromatic rings. The molecule has 3 nitrogen and oxygen atoms in total. The minimum atomic E-state index is -0.873. The lowest BCUT2D eigenvalue weighted by Crippen LogP contribution is -2.17. The average Bonchev–Trinajstić information content (AvgIpc) is 2.10. The van der Waals surface area contributed by atoms with Crippen LogP contribution in [0.4, 0.5) is 0 Å². The minimum absolute atomic E-state index is 0.0219. The molecule has 0 radical (unpaired) electrons. The zero-order chi connectivity index (χ0) is 11.4. The molecule has 0 spiro atoms. The Morgan fingerprint density at radius 1 is 1.60 bits per heavy atom. The van der Waals surface area contributed by atoms with E-state index in [9.17, 15) is 4.79 Å². The number of rotatable bonds is 4.